The van der Waals surface area contributed by atoms with Gasteiger partial charge in [0.1, 0.15) is 41.3 Å². The highest BCUT2D eigenvalue weighted by atomic mass is 16.6. The van der Waals surface area contributed by atoms with Gasteiger partial charge in [-0.25, -0.2) is 14.4 Å². The molecule has 6 aromatic rings. The van der Waals surface area contributed by atoms with Crippen molar-refractivity contribution in [2.45, 2.75) is 45.9 Å². The lowest BCUT2D eigenvalue weighted by Crippen LogP contribution is -2.51. The summed E-state index contributed by atoms with van der Waals surface area (Å²) in [5, 5.41) is 16.9. The number of nitrogens with one attached hydrogen (secondary N) is 2. The van der Waals surface area contributed by atoms with E-state index in [9.17, 15) is 28.8 Å². The van der Waals surface area contributed by atoms with Crippen LogP contribution in [-0.4, -0.2) is 79.3 Å². The number of carbonyl (C=O) groups is 6. The highest BCUT2D eigenvalue weighted by Gasteiger charge is 2.26. The Bertz CT molecular complexity index is 2420. The van der Waals surface area contributed by atoms with E-state index in [4.69, 9.17) is 28.8 Å². The number of aliphatic carboxylic acids is 1. The van der Waals surface area contributed by atoms with Gasteiger partial charge in [-0.15, -0.1) is 0 Å². The van der Waals surface area contributed by atoms with E-state index in [0.717, 1.165) is 21.9 Å². The monoisotopic (exact) mass is 856 g/mol. The Morgan fingerprint density at radius 2 is 1.02 bits per heavy atom. The van der Waals surface area contributed by atoms with E-state index in [0.29, 0.717) is 35.5 Å². The number of hydrogen-bond donors (Lipinski definition) is 3. The molecule has 0 radical (unpaired) electrons. The number of carboxylic acids is 1. The molecule has 0 aliphatic heterocycles. The Labute approximate surface area is 364 Å². The van der Waals surface area contributed by atoms with Crippen LogP contribution in [0.15, 0.2) is 133 Å². The number of ketones is 1. The van der Waals surface area contributed by atoms with Gasteiger partial charge in [-0.2, -0.15) is 0 Å². The number of alkyl carbamates (subject to hydrolysis) is 1. The molecular weight excluding hydrogens is 809 g/mol. The van der Waals surface area contributed by atoms with Gasteiger partial charge >= 0.3 is 24.0 Å². The number of hydrogen-bond acceptors (Lipinski definition) is 11. The van der Waals surface area contributed by atoms with Crippen molar-refractivity contribution < 1.29 is 57.6 Å². The molecule has 63 heavy (non-hydrogen) atoms. The number of Topliss-reactive ketones (excluding diaryl/α,β-unsaturated/α-hetero) is 1. The summed E-state index contributed by atoms with van der Waals surface area (Å²) in [5.41, 5.74) is 2.13. The maximum atomic E-state index is 12.9. The predicted molar refractivity (Wildman–Crippen MR) is 235 cm³/mol. The van der Waals surface area contributed by atoms with E-state index in [1.807, 2.05) is 123 Å². The molecular formula is C49H48N2O12. The molecule has 2 atom stereocenters. The van der Waals surface area contributed by atoms with Gasteiger partial charge in [-0.3, -0.25) is 14.4 Å². The van der Waals surface area contributed by atoms with Crippen LogP contribution in [0.25, 0.3) is 21.5 Å². The van der Waals surface area contributed by atoms with Crippen molar-refractivity contribution in [2.24, 2.45) is 0 Å². The number of benzene rings is 6. The summed E-state index contributed by atoms with van der Waals surface area (Å²) in [6.45, 7) is 4.69. The Hall–Kier alpha value is -7.74. The van der Waals surface area contributed by atoms with Crippen molar-refractivity contribution in [2.75, 3.05) is 26.4 Å². The largest absolute Gasteiger partial charge is 0.493 e. The molecule has 0 bridgehead atoms. The van der Waals surface area contributed by atoms with Gasteiger partial charge in [0.25, 0.3) is 0 Å². The first-order chi connectivity index (χ1) is 30.5. The van der Waals surface area contributed by atoms with E-state index < -0.39 is 61.0 Å². The molecule has 3 N–H and O–H groups in total. The average molecular weight is 857 g/mol. The van der Waals surface area contributed by atoms with Crippen molar-refractivity contribution >= 4 is 57.2 Å². The lowest BCUT2D eigenvalue weighted by molar-refractivity contribution is -0.141. The Kier molecular flexibility index (Phi) is 17.1. The summed E-state index contributed by atoms with van der Waals surface area (Å²) in [6, 6.07) is 38.0. The van der Waals surface area contributed by atoms with Crippen molar-refractivity contribution in [3.63, 3.8) is 0 Å². The van der Waals surface area contributed by atoms with Gasteiger partial charge in [0.15, 0.2) is 13.2 Å². The molecule has 0 saturated heterocycles. The van der Waals surface area contributed by atoms with Crippen molar-refractivity contribution in [3.05, 3.63) is 156 Å². The summed E-state index contributed by atoms with van der Waals surface area (Å²) >= 11 is 0. The van der Waals surface area contributed by atoms with Crippen LogP contribution in [0.1, 0.15) is 52.6 Å². The van der Waals surface area contributed by atoms with Crippen molar-refractivity contribution in [3.8, 4) is 11.5 Å². The standard InChI is InChI=1S/C29H26O7.C20H22N2O5/c1-3-33-24-15-13-19-9-5-7-11-22(19)26(24)28(31)35-17-21(30)18-36-29(32)27-23-12-8-6-10-20(23)14-16-25(27)34-4-2;1-14(19(24)25)21-18(23)17(12-15-8-4-2-5-9-15)22-20(26)27-13-16-10-6-3-7-11-16/h5-16H,3-4,17-18H2,1-2H3;2-11,14,17H,12-13H2,1H3,(H,21,23)(H,22,26)(H,24,25)/t;14-,17-/m.0/s1. The zero-order chi connectivity index (χ0) is 45.1. The number of esters is 2. The number of rotatable bonds is 18. The molecule has 0 saturated carbocycles. The average Bonchev–Trinajstić information content (AvgIpc) is 3.30. The molecule has 14 nitrogen and oxygen atoms in total. The van der Waals surface area contributed by atoms with Crippen LogP contribution in [0.2, 0.25) is 0 Å². The molecule has 6 aromatic carbocycles. The minimum Gasteiger partial charge on any atom is -0.493 e. The van der Waals surface area contributed by atoms with Crippen LogP contribution < -0.4 is 20.1 Å². The molecule has 6 rings (SSSR count). The third-order valence-corrected chi connectivity index (χ3v) is 9.35. The SMILES string of the molecule is CCOc1ccc2ccccc2c1C(=O)OCC(=O)COC(=O)c1c(OCC)ccc2ccccc12.C[C@H](NC(=O)[C@H](Cc1ccccc1)NC(=O)OCc1ccccc1)C(=O)O. The first-order valence-corrected chi connectivity index (χ1v) is 20.2. The zero-order valence-electron chi connectivity index (χ0n) is 35.0. The van der Waals surface area contributed by atoms with Crippen LogP contribution in [-0.2, 0) is 41.6 Å². The summed E-state index contributed by atoms with van der Waals surface area (Å²) in [4.78, 5) is 73.8. The van der Waals surface area contributed by atoms with E-state index >= 15 is 0 Å². The van der Waals surface area contributed by atoms with Crippen LogP contribution in [0.5, 0.6) is 11.5 Å². The van der Waals surface area contributed by atoms with Gasteiger partial charge in [0.05, 0.1) is 13.2 Å². The second-order valence-electron chi connectivity index (χ2n) is 13.9. The van der Waals surface area contributed by atoms with Crippen LogP contribution >= 0.6 is 0 Å². The fourth-order valence-electron chi connectivity index (χ4n) is 6.30. The minimum atomic E-state index is -1.16. The first kappa shape index (κ1) is 46.3. The summed E-state index contributed by atoms with van der Waals surface area (Å²) in [7, 11) is 0. The lowest BCUT2D eigenvalue weighted by Gasteiger charge is -2.20. The van der Waals surface area contributed by atoms with Gasteiger partial charge < -0.3 is 39.4 Å². The van der Waals surface area contributed by atoms with E-state index in [-0.39, 0.29) is 24.2 Å². The molecule has 326 valence electrons. The van der Waals surface area contributed by atoms with Crippen LogP contribution in [0.3, 0.4) is 0 Å². The van der Waals surface area contributed by atoms with Gasteiger partial charge in [0, 0.05) is 6.42 Å². The fraction of sp³-hybridized carbons (Fsp3) is 0.224. The van der Waals surface area contributed by atoms with E-state index in [1.165, 1.54) is 6.92 Å². The Balaban J connectivity index is 0.000000248. The lowest BCUT2D eigenvalue weighted by atomic mass is 10.0. The van der Waals surface area contributed by atoms with Gasteiger partial charge in [-0.05, 0) is 65.6 Å². The second-order valence-corrected chi connectivity index (χ2v) is 13.9. The third kappa shape index (κ3) is 13.4. The molecule has 0 spiro atoms. The molecule has 2 amide bonds. The predicted octanol–water partition coefficient (Wildman–Crippen LogP) is 7.49. The summed E-state index contributed by atoms with van der Waals surface area (Å²) in [5.74, 6) is -2.95. The van der Waals surface area contributed by atoms with Crippen molar-refractivity contribution in [1.29, 1.82) is 0 Å². The second kappa shape index (κ2) is 23.3. The topological polar surface area (TPSA) is 193 Å². The van der Waals surface area contributed by atoms with Gasteiger partial charge in [0.2, 0.25) is 11.7 Å². The van der Waals surface area contributed by atoms with E-state index in [2.05, 4.69) is 10.6 Å². The molecule has 0 aliphatic carbocycles. The zero-order valence-corrected chi connectivity index (χ0v) is 35.0. The van der Waals surface area contributed by atoms with Crippen LogP contribution in [0.4, 0.5) is 4.79 Å². The van der Waals surface area contributed by atoms with Gasteiger partial charge in [-0.1, -0.05) is 121 Å². The Morgan fingerprint density at radius 3 is 1.49 bits per heavy atom. The first-order valence-electron chi connectivity index (χ1n) is 20.2. The fourth-order valence-corrected chi connectivity index (χ4v) is 6.30. The summed E-state index contributed by atoms with van der Waals surface area (Å²) < 4.78 is 26.9. The number of amides is 2. The Morgan fingerprint density at radius 1 is 0.556 bits per heavy atom. The van der Waals surface area contributed by atoms with E-state index in [1.54, 1.807) is 24.3 Å². The maximum absolute atomic E-state index is 12.9. The summed E-state index contributed by atoms with van der Waals surface area (Å²) in [6.07, 6.45) is -0.544. The number of carboxylic acid groups (broad SMARTS) is 1. The number of fused-ring (bicyclic) bond motifs is 2. The highest BCUT2D eigenvalue weighted by Crippen LogP contribution is 2.30. The quantitative estimate of drug-likeness (QED) is 0.0571. The highest BCUT2D eigenvalue weighted by molar-refractivity contribution is 6.09. The molecule has 14 heteroatoms. The molecule has 0 fully saturated rings. The molecule has 0 unspecified atom stereocenters. The number of ether oxygens (including phenoxy) is 5. The number of carbonyl (C=O) groups excluding carboxylic acids is 5. The normalized spacial score (nSPS) is 11.5. The third-order valence-electron chi connectivity index (χ3n) is 9.35. The molecule has 0 aromatic heterocycles. The molecule has 0 heterocycles. The smallest absolute Gasteiger partial charge is 0.408 e. The maximum Gasteiger partial charge on any atom is 0.408 e. The van der Waals surface area contributed by atoms with Crippen LogP contribution in [0, 0.1) is 0 Å². The van der Waals surface area contributed by atoms with Crippen molar-refractivity contribution in [1.82, 2.24) is 10.6 Å². The molecule has 0 aliphatic rings. The minimum absolute atomic E-state index is 0.0673.